The summed E-state index contributed by atoms with van der Waals surface area (Å²) in [6, 6.07) is 2.89. The first-order valence-electron chi connectivity index (χ1n) is 6.74. The van der Waals surface area contributed by atoms with Gasteiger partial charge in [-0.15, -0.1) is 11.8 Å². The molecule has 0 aromatic heterocycles. The van der Waals surface area contributed by atoms with E-state index in [4.69, 9.17) is 0 Å². The van der Waals surface area contributed by atoms with E-state index in [0.717, 1.165) is 0 Å². The number of rotatable bonds is 4. The predicted molar refractivity (Wildman–Crippen MR) is 80.7 cm³/mol. The van der Waals surface area contributed by atoms with Gasteiger partial charge in [0.25, 0.3) is 0 Å². The van der Waals surface area contributed by atoms with Gasteiger partial charge in [-0.2, -0.15) is 18.3 Å². The maximum Gasteiger partial charge on any atom is 0.398 e. The Bertz CT molecular complexity index is 572. The van der Waals surface area contributed by atoms with Crippen LogP contribution in [-0.2, 0) is 0 Å². The molecule has 0 N–H and O–H groups in total. The smallest absolute Gasteiger partial charge is 0.339 e. The number of thioether (sulfide) groups is 1. The summed E-state index contributed by atoms with van der Waals surface area (Å²) in [6.45, 7) is 5.93. The first kappa shape index (κ1) is 16.9. The average Bonchev–Trinajstić information content (AvgIpc) is 2.86. The first-order valence-corrected chi connectivity index (χ1v) is 7.73. The van der Waals surface area contributed by atoms with E-state index in [0.29, 0.717) is 28.9 Å². The van der Waals surface area contributed by atoms with Crippen LogP contribution in [0.3, 0.4) is 0 Å². The van der Waals surface area contributed by atoms with Crippen LogP contribution >= 0.6 is 11.8 Å². The molecule has 1 aliphatic heterocycles. The lowest BCUT2D eigenvalue weighted by Crippen LogP contribution is -2.32. The third-order valence-electron chi connectivity index (χ3n) is 3.21. The van der Waals surface area contributed by atoms with Crippen LogP contribution in [0.2, 0.25) is 0 Å². The first-order chi connectivity index (χ1) is 10.2. The number of nitrogens with zero attached hydrogens (tertiary/aromatic N) is 3. The van der Waals surface area contributed by atoms with Gasteiger partial charge in [0.2, 0.25) is 0 Å². The van der Waals surface area contributed by atoms with E-state index in [1.54, 1.807) is 13.3 Å². The molecule has 0 saturated carbocycles. The van der Waals surface area contributed by atoms with Crippen LogP contribution in [0.1, 0.15) is 19.4 Å². The van der Waals surface area contributed by atoms with Gasteiger partial charge in [0, 0.05) is 10.9 Å². The summed E-state index contributed by atoms with van der Waals surface area (Å²) in [6.07, 6.45) is -2.65. The molecule has 122 valence electrons. The second kappa shape index (κ2) is 6.36. The van der Waals surface area contributed by atoms with Crippen molar-refractivity contribution in [3.63, 3.8) is 0 Å². The number of hydrazone groups is 1. The zero-order chi connectivity index (χ0) is 16.5. The van der Waals surface area contributed by atoms with E-state index in [-0.39, 0.29) is 11.7 Å². The zero-order valence-electron chi connectivity index (χ0n) is 12.5. The highest BCUT2D eigenvalue weighted by Crippen LogP contribution is 2.34. The van der Waals surface area contributed by atoms with E-state index in [9.17, 15) is 17.6 Å². The van der Waals surface area contributed by atoms with Crippen LogP contribution in [0, 0.1) is 12.7 Å². The molecule has 0 bridgehead atoms. The highest BCUT2D eigenvalue weighted by Gasteiger charge is 2.28. The third kappa shape index (κ3) is 4.06. The van der Waals surface area contributed by atoms with Crippen molar-refractivity contribution in [1.82, 2.24) is 4.90 Å². The van der Waals surface area contributed by atoms with Gasteiger partial charge in [0.05, 0.1) is 11.4 Å². The molecular formula is C14H17F4N3S. The lowest BCUT2D eigenvalue weighted by atomic mass is 10.2. The van der Waals surface area contributed by atoms with Crippen molar-refractivity contribution in [1.29, 1.82) is 0 Å². The maximum absolute atomic E-state index is 14.1. The van der Waals surface area contributed by atoms with Crippen molar-refractivity contribution in [2.75, 3.05) is 17.4 Å². The van der Waals surface area contributed by atoms with E-state index in [1.165, 1.54) is 17.1 Å². The van der Waals surface area contributed by atoms with Gasteiger partial charge in [-0.25, -0.2) is 9.40 Å². The topological polar surface area (TPSA) is 18.8 Å². The van der Waals surface area contributed by atoms with E-state index in [1.807, 2.05) is 18.7 Å². The minimum atomic E-state index is -4.26. The lowest BCUT2D eigenvalue weighted by Gasteiger charge is -2.23. The molecule has 8 heteroatoms. The molecule has 0 radical (unpaired) electrons. The second-order valence-electron chi connectivity index (χ2n) is 5.35. The molecule has 3 nitrogen and oxygen atoms in total. The summed E-state index contributed by atoms with van der Waals surface area (Å²) in [5.74, 6) is -1.49. The summed E-state index contributed by atoms with van der Waals surface area (Å²) < 4.78 is 51.2. The summed E-state index contributed by atoms with van der Waals surface area (Å²) in [5, 5.41) is 5.56. The second-order valence-corrected chi connectivity index (χ2v) is 6.37. The van der Waals surface area contributed by atoms with Crippen molar-refractivity contribution in [2.45, 2.75) is 37.9 Å². The summed E-state index contributed by atoms with van der Waals surface area (Å²) in [7, 11) is 0. The molecule has 0 unspecified atom stereocenters. The van der Waals surface area contributed by atoms with Crippen LogP contribution in [0.4, 0.5) is 23.2 Å². The van der Waals surface area contributed by atoms with Crippen molar-refractivity contribution in [2.24, 2.45) is 5.10 Å². The number of hydrogen-bond acceptors (Lipinski definition) is 4. The molecule has 1 heterocycles. The number of benzene rings is 1. The van der Waals surface area contributed by atoms with Gasteiger partial charge >= 0.3 is 6.18 Å². The summed E-state index contributed by atoms with van der Waals surface area (Å²) in [5.41, 5.74) is 0.675. The monoisotopic (exact) mass is 335 g/mol. The van der Waals surface area contributed by atoms with Crippen LogP contribution in [-0.4, -0.2) is 35.9 Å². The fraction of sp³-hybridized carbons (Fsp3) is 0.500. The Labute approximate surface area is 131 Å². The van der Waals surface area contributed by atoms with Gasteiger partial charge in [-0.3, -0.25) is 0 Å². The van der Waals surface area contributed by atoms with Crippen molar-refractivity contribution in [3.8, 4) is 0 Å². The number of aryl methyl sites for hydroxylation is 1. The quantitative estimate of drug-likeness (QED) is 0.606. The van der Waals surface area contributed by atoms with Crippen molar-refractivity contribution in [3.05, 3.63) is 23.5 Å². The Morgan fingerprint density at radius 3 is 2.55 bits per heavy atom. The van der Waals surface area contributed by atoms with Gasteiger partial charge < -0.3 is 4.90 Å². The number of alkyl halides is 3. The van der Waals surface area contributed by atoms with Gasteiger partial charge in [0.1, 0.15) is 18.8 Å². The molecule has 1 aromatic carbocycles. The van der Waals surface area contributed by atoms with Crippen LogP contribution in [0.25, 0.3) is 0 Å². The van der Waals surface area contributed by atoms with Crippen molar-refractivity contribution < 1.29 is 17.6 Å². The Morgan fingerprint density at radius 1 is 1.32 bits per heavy atom. The fourth-order valence-corrected chi connectivity index (χ4v) is 2.75. The highest BCUT2D eigenvalue weighted by molar-refractivity contribution is 7.99. The van der Waals surface area contributed by atoms with Crippen LogP contribution in [0.15, 0.2) is 22.1 Å². The lowest BCUT2D eigenvalue weighted by molar-refractivity contribution is -0.105. The number of anilines is 1. The van der Waals surface area contributed by atoms with Crippen LogP contribution < -0.4 is 5.01 Å². The van der Waals surface area contributed by atoms with E-state index >= 15 is 0 Å². The van der Waals surface area contributed by atoms with E-state index in [2.05, 4.69) is 5.10 Å². The summed E-state index contributed by atoms with van der Waals surface area (Å²) >= 11 is 0.659. The normalized spacial score (nSPS) is 15.3. The number of hydrogen-bond donors (Lipinski definition) is 0. The van der Waals surface area contributed by atoms with Gasteiger partial charge in [0.15, 0.2) is 0 Å². The molecular weight excluding hydrogens is 318 g/mol. The Hall–Kier alpha value is -1.44. The molecule has 0 amide bonds. The minimum Gasteiger partial charge on any atom is -0.339 e. The largest absolute Gasteiger partial charge is 0.398 e. The standard InChI is InChI=1S/C14H17F4N3S/c1-9(2)20-7-19-21(8-20)12-5-13(10(3)4-11(12)15)22-6-14(16,17)18/h4-5,7,9H,6,8H2,1-3H3. The zero-order valence-corrected chi connectivity index (χ0v) is 13.3. The van der Waals surface area contributed by atoms with Gasteiger partial charge in [-0.1, -0.05) is 0 Å². The molecule has 2 rings (SSSR count). The molecule has 1 aromatic rings. The molecule has 0 aliphatic carbocycles. The van der Waals surface area contributed by atoms with Crippen molar-refractivity contribution >= 4 is 23.8 Å². The Morgan fingerprint density at radius 2 is 2.00 bits per heavy atom. The predicted octanol–water partition coefficient (Wildman–Crippen LogP) is 4.22. The maximum atomic E-state index is 14.1. The Kier molecular flexibility index (Phi) is 4.89. The molecule has 0 spiro atoms. The van der Waals surface area contributed by atoms with Gasteiger partial charge in [-0.05, 0) is 38.5 Å². The molecule has 0 atom stereocenters. The van der Waals surface area contributed by atoms with E-state index < -0.39 is 17.7 Å². The molecule has 0 fully saturated rings. The number of halogens is 4. The minimum absolute atomic E-state index is 0.190. The third-order valence-corrected chi connectivity index (χ3v) is 4.44. The Balaban J connectivity index is 2.20. The summed E-state index contributed by atoms with van der Waals surface area (Å²) in [4.78, 5) is 2.31. The fourth-order valence-electron chi connectivity index (χ4n) is 1.95. The SMILES string of the molecule is Cc1cc(F)c(N2CN(C(C)C)C=N2)cc1SCC(F)(F)F. The molecule has 22 heavy (non-hydrogen) atoms. The molecule has 0 saturated heterocycles. The highest BCUT2D eigenvalue weighted by atomic mass is 32.2. The van der Waals surface area contributed by atoms with Crippen LogP contribution in [0.5, 0.6) is 0 Å². The average molecular weight is 335 g/mol. The molecule has 1 aliphatic rings.